The van der Waals surface area contributed by atoms with Crippen LogP contribution < -0.4 is 0 Å². The number of hydrogen-bond donors (Lipinski definition) is 0. The normalized spacial score (nSPS) is 11.0. The van der Waals surface area contributed by atoms with Crippen LogP contribution in [-0.4, -0.2) is 13.1 Å². The SMILES string of the molecule is COC(=O)c1cc2c(F)c(F)c(Sc3ccccc3Br)c(F)c2s1. The zero-order valence-corrected chi connectivity index (χ0v) is 15.3. The lowest BCUT2D eigenvalue weighted by Crippen LogP contribution is -1.96. The van der Waals surface area contributed by atoms with Crippen molar-refractivity contribution in [3.05, 3.63) is 57.1 Å². The van der Waals surface area contributed by atoms with Crippen molar-refractivity contribution >= 4 is 55.1 Å². The third-order valence-electron chi connectivity index (χ3n) is 3.19. The van der Waals surface area contributed by atoms with E-state index < -0.39 is 28.3 Å². The Hall–Kier alpha value is -1.51. The van der Waals surface area contributed by atoms with E-state index in [9.17, 15) is 18.0 Å². The Labute approximate surface area is 151 Å². The summed E-state index contributed by atoms with van der Waals surface area (Å²) in [6.07, 6.45) is 0. The quantitative estimate of drug-likeness (QED) is 0.373. The van der Waals surface area contributed by atoms with Gasteiger partial charge in [0.15, 0.2) is 17.5 Å². The fraction of sp³-hybridized carbons (Fsp3) is 0.0625. The molecule has 0 radical (unpaired) electrons. The first kappa shape index (κ1) is 17.3. The first-order valence-electron chi connectivity index (χ1n) is 6.54. The number of halogens is 4. The molecular weight excluding hydrogens is 425 g/mol. The van der Waals surface area contributed by atoms with E-state index >= 15 is 0 Å². The molecule has 1 aromatic heterocycles. The minimum Gasteiger partial charge on any atom is -0.465 e. The highest BCUT2D eigenvalue weighted by Crippen LogP contribution is 2.42. The summed E-state index contributed by atoms with van der Waals surface area (Å²) in [5.74, 6) is -4.09. The van der Waals surface area contributed by atoms with Crippen LogP contribution in [0.2, 0.25) is 0 Å². The zero-order chi connectivity index (χ0) is 17.4. The van der Waals surface area contributed by atoms with E-state index in [2.05, 4.69) is 20.7 Å². The molecule has 2 nitrogen and oxygen atoms in total. The minimum atomic E-state index is -1.28. The Balaban J connectivity index is 2.18. The molecule has 0 unspecified atom stereocenters. The Kier molecular flexibility index (Phi) is 4.89. The molecule has 8 heteroatoms. The predicted octanol–water partition coefficient (Wildman–Crippen LogP) is 6.02. The van der Waals surface area contributed by atoms with Gasteiger partial charge in [-0.2, -0.15) is 0 Å². The molecular formula is C16H8BrF3O2S2. The molecule has 0 saturated carbocycles. The molecule has 0 atom stereocenters. The maximum absolute atomic E-state index is 14.7. The summed E-state index contributed by atoms with van der Waals surface area (Å²) in [5.41, 5.74) is 0. The van der Waals surface area contributed by atoms with E-state index in [1.54, 1.807) is 24.3 Å². The van der Waals surface area contributed by atoms with Crippen LogP contribution in [0.25, 0.3) is 10.1 Å². The second-order valence-electron chi connectivity index (χ2n) is 4.65. The lowest BCUT2D eigenvalue weighted by atomic mass is 10.2. The molecule has 0 aliphatic heterocycles. The molecule has 0 N–H and O–H groups in total. The number of methoxy groups -OCH3 is 1. The monoisotopic (exact) mass is 432 g/mol. The third kappa shape index (κ3) is 2.94. The summed E-state index contributed by atoms with van der Waals surface area (Å²) in [4.78, 5) is 11.6. The molecule has 0 aliphatic carbocycles. The van der Waals surface area contributed by atoms with Gasteiger partial charge >= 0.3 is 5.97 Å². The van der Waals surface area contributed by atoms with Crippen LogP contribution in [0.3, 0.4) is 0 Å². The number of ether oxygens (including phenoxy) is 1. The van der Waals surface area contributed by atoms with Crippen molar-refractivity contribution in [1.29, 1.82) is 0 Å². The Morgan fingerprint density at radius 1 is 1.17 bits per heavy atom. The molecule has 124 valence electrons. The Bertz CT molecular complexity index is 956. The van der Waals surface area contributed by atoms with Crippen molar-refractivity contribution in [2.75, 3.05) is 7.11 Å². The highest BCUT2D eigenvalue weighted by atomic mass is 79.9. The average molecular weight is 433 g/mol. The molecule has 0 spiro atoms. The van der Waals surface area contributed by atoms with E-state index in [4.69, 9.17) is 0 Å². The van der Waals surface area contributed by atoms with Gasteiger partial charge in [0, 0.05) is 14.8 Å². The van der Waals surface area contributed by atoms with Crippen LogP contribution in [0.4, 0.5) is 13.2 Å². The smallest absolute Gasteiger partial charge is 0.348 e. The molecule has 0 bridgehead atoms. The summed E-state index contributed by atoms with van der Waals surface area (Å²) < 4.78 is 48.4. The van der Waals surface area contributed by atoms with Crippen molar-refractivity contribution in [3.8, 4) is 0 Å². The highest BCUT2D eigenvalue weighted by Gasteiger charge is 2.25. The van der Waals surface area contributed by atoms with E-state index in [1.165, 1.54) is 0 Å². The first-order valence-corrected chi connectivity index (χ1v) is 8.97. The first-order chi connectivity index (χ1) is 11.4. The van der Waals surface area contributed by atoms with Crippen molar-refractivity contribution in [1.82, 2.24) is 0 Å². The van der Waals surface area contributed by atoms with E-state index in [1.807, 2.05) is 0 Å². The Morgan fingerprint density at radius 2 is 1.88 bits per heavy atom. The van der Waals surface area contributed by atoms with Gasteiger partial charge in [0.2, 0.25) is 0 Å². The molecule has 3 rings (SSSR count). The van der Waals surface area contributed by atoms with Gasteiger partial charge in [0.1, 0.15) is 4.88 Å². The number of hydrogen-bond acceptors (Lipinski definition) is 4. The second kappa shape index (κ2) is 6.78. The number of rotatable bonds is 3. The number of benzene rings is 2. The van der Waals surface area contributed by atoms with Crippen molar-refractivity contribution in [3.63, 3.8) is 0 Å². The fourth-order valence-electron chi connectivity index (χ4n) is 2.06. The van der Waals surface area contributed by atoms with Crippen LogP contribution in [0.15, 0.2) is 44.6 Å². The van der Waals surface area contributed by atoms with E-state index in [0.29, 0.717) is 9.37 Å². The van der Waals surface area contributed by atoms with Gasteiger partial charge in [-0.1, -0.05) is 23.9 Å². The average Bonchev–Trinajstić information content (AvgIpc) is 3.03. The maximum Gasteiger partial charge on any atom is 0.348 e. The second-order valence-corrected chi connectivity index (χ2v) is 7.61. The summed E-state index contributed by atoms with van der Waals surface area (Å²) in [5, 5.41) is -0.271. The van der Waals surface area contributed by atoms with Gasteiger partial charge in [-0.3, -0.25) is 0 Å². The largest absolute Gasteiger partial charge is 0.465 e. The summed E-state index contributed by atoms with van der Waals surface area (Å²) in [6, 6.07) is 7.93. The topological polar surface area (TPSA) is 26.3 Å². The highest BCUT2D eigenvalue weighted by molar-refractivity contribution is 9.10. The molecule has 0 saturated heterocycles. The number of carbonyl (C=O) groups excluding carboxylic acids is 1. The summed E-state index contributed by atoms with van der Waals surface area (Å²) in [6.45, 7) is 0. The predicted molar refractivity (Wildman–Crippen MR) is 91.3 cm³/mol. The number of thiophene rings is 1. The molecule has 3 aromatic rings. The van der Waals surface area contributed by atoms with Crippen molar-refractivity contribution in [2.24, 2.45) is 0 Å². The molecule has 0 aliphatic rings. The standard InChI is InChI=1S/C16H8BrF3O2S2/c1-22-16(21)10-6-7-11(18)12(19)15(13(20)14(7)24-10)23-9-5-3-2-4-8(9)17/h2-6H,1H3. The van der Waals surface area contributed by atoms with Crippen LogP contribution in [0.5, 0.6) is 0 Å². The lowest BCUT2D eigenvalue weighted by molar-refractivity contribution is 0.0606. The zero-order valence-electron chi connectivity index (χ0n) is 12.0. The van der Waals surface area contributed by atoms with Gasteiger partial charge in [0.05, 0.1) is 16.7 Å². The van der Waals surface area contributed by atoms with Gasteiger partial charge in [-0.25, -0.2) is 18.0 Å². The molecule has 0 amide bonds. The van der Waals surface area contributed by atoms with Crippen LogP contribution >= 0.6 is 39.0 Å². The van der Waals surface area contributed by atoms with Crippen LogP contribution in [0.1, 0.15) is 9.67 Å². The van der Waals surface area contributed by atoms with Crippen LogP contribution in [-0.2, 0) is 4.74 Å². The number of carbonyl (C=O) groups is 1. The van der Waals surface area contributed by atoms with Crippen LogP contribution in [0, 0.1) is 17.5 Å². The molecule has 2 aromatic carbocycles. The third-order valence-corrected chi connectivity index (χ3v) is 6.39. The lowest BCUT2D eigenvalue weighted by Gasteiger charge is -2.08. The fourth-order valence-corrected chi connectivity index (χ4v) is 4.57. The molecule has 0 fully saturated rings. The summed E-state index contributed by atoms with van der Waals surface area (Å²) in [7, 11) is 1.16. The van der Waals surface area contributed by atoms with Crippen molar-refractivity contribution in [2.45, 2.75) is 9.79 Å². The van der Waals surface area contributed by atoms with Gasteiger partial charge in [-0.15, -0.1) is 11.3 Å². The Morgan fingerprint density at radius 3 is 2.54 bits per heavy atom. The van der Waals surface area contributed by atoms with E-state index in [0.717, 1.165) is 36.3 Å². The van der Waals surface area contributed by atoms with Gasteiger partial charge < -0.3 is 4.74 Å². The minimum absolute atomic E-state index is 0.00717. The molecule has 24 heavy (non-hydrogen) atoms. The molecule has 1 heterocycles. The summed E-state index contributed by atoms with van der Waals surface area (Å²) >= 11 is 4.79. The number of esters is 1. The van der Waals surface area contributed by atoms with Crippen molar-refractivity contribution < 1.29 is 22.7 Å². The van der Waals surface area contributed by atoms with Gasteiger partial charge in [-0.05, 0) is 34.1 Å². The van der Waals surface area contributed by atoms with E-state index in [-0.39, 0.29) is 15.0 Å². The number of fused-ring (bicyclic) bond motifs is 1. The van der Waals surface area contributed by atoms with Gasteiger partial charge in [0.25, 0.3) is 0 Å². The maximum atomic E-state index is 14.7.